The molecule has 88 valence electrons. The van der Waals surface area contributed by atoms with Crippen LogP contribution < -0.4 is 5.73 Å². The van der Waals surface area contributed by atoms with E-state index in [2.05, 4.69) is 49.4 Å². The molecule has 2 aromatic carbocycles. The van der Waals surface area contributed by atoms with Gasteiger partial charge in [-0.2, -0.15) is 0 Å². The second kappa shape index (κ2) is 4.15. The summed E-state index contributed by atoms with van der Waals surface area (Å²) in [5.74, 6) is 1.26. The maximum atomic E-state index is 6.12. The molecule has 2 N–H and O–H groups in total. The molecule has 1 nitrogen and oxygen atoms in total. The van der Waals surface area contributed by atoms with Gasteiger partial charge in [-0.15, -0.1) is 0 Å². The Morgan fingerprint density at radius 1 is 1.00 bits per heavy atom. The van der Waals surface area contributed by atoms with Crippen molar-refractivity contribution in [1.82, 2.24) is 0 Å². The minimum atomic E-state index is 0.381. The van der Waals surface area contributed by atoms with Crippen LogP contribution in [0.1, 0.15) is 31.2 Å². The van der Waals surface area contributed by atoms with Gasteiger partial charge in [-0.1, -0.05) is 49.4 Å². The van der Waals surface area contributed by atoms with Crippen molar-refractivity contribution in [3.05, 3.63) is 48.0 Å². The Labute approximate surface area is 103 Å². The van der Waals surface area contributed by atoms with Gasteiger partial charge in [-0.3, -0.25) is 0 Å². The Balaban J connectivity index is 2.01. The molecule has 3 unspecified atom stereocenters. The van der Waals surface area contributed by atoms with E-state index in [1.807, 2.05) is 0 Å². The van der Waals surface area contributed by atoms with Crippen molar-refractivity contribution in [3.63, 3.8) is 0 Å². The first-order chi connectivity index (χ1) is 8.25. The van der Waals surface area contributed by atoms with Gasteiger partial charge in [0.1, 0.15) is 0 Å². The summed E-state index contributed by atoms with van der Waals surface area (Å²) in [4.78, 5) is 0. The summed E-state index contributed by atoms with van der Waals surface area (Å²) in [5.41, 5.74) is 7.58. The highest BCUT2D eigenvalue weighted by atomic mass is 14.7. The average molecular weight is 225 g/mol. The van der Waals surface area contributed by atoms with Gasteiger partial charge in [-0.25, -0.2) is 0 Å². The predicted octanol–water partition coefficient (Wildman–Crippen LogP) is 3.68. The largest absolute Gasteiger partial charge is 0.327 e. The van der Waals surface area contributed by atoms with E-state index in [0.29, 0.717) is 17.9 Å². The lowest BCUT2D eigenvalue weighted by atomic mass is 9.88. The van der Waals surface area contributed by atoms with E-state index in [1.165, 1.54) is 29.2 Å². The highest BCUT2D eigenvalue weighted by Gasteiger charge is 2.31. The van der Waals surface area contributed by atoms with Gasteiger partial charge in [0.25, 0.3) is 0 Å². The van der Waals surface area contributed by atoms with Crippen LogP contribution in [0.15, 0.2) is 42.5 Å². The lowest BCUT2D eigenvalue weighted by molar-refractivity contribution is 0.479. The second-order valence-corrected chi connectivity index (χ2v) is 5.31. The van der Waals surface area contributed by atoms with Gasteiger partial charge >= 0.3 is 0 Å². The number of rotatable bonds is 1. The molecule has 0 heterocycles. The summed E-state index contributed by atoms with van der Waals surface area (Å²) in [5, 5.41) is 2.67. The van der Waals surface area contributed by atoms with E-state index in [9.17, 15) is 0 Å². The fourth-order valence-corrected chi connectivity index (χ4v) is 3.10. The molecule has 1 saturated carbocycles. The highest BCUT2D eigenvalue weighted by molar-refractivity contribution is 5.83. The quantitative estimate of drug-likeness (QED) is 0.787. The van der Waals surface area contributed by atoms with Crippen molar-refractivity contribution in [2.75, 3.05) is 0 Å². The molecule has 0 aromatic heterocycles. The van der Waals surface area contributed by atoms with Crippen molar-refractivity contribution in [3.8, 4) is 0 Å². The Hall–Kier alpha value is -1.34. The number of hydrogen-bond acceptors (Lipinski definition) is 1. The van der Waals surface area contributed by atoms with Crippen molar-refractivity contribution < 1.29 is 0 Å². The summed E-state index contributed by atoms with van der Waals surface area (Å²) in [6.45, 7) is 2.29. The van der Waals surface area contributed by atoms with Crippen LogP contribution in [-0.4, -0.2) is 6.04 Å². The van der Waals surface area contributed by atoms with Crippen LogP contribution in [0.5, 0.6) is 0 Å². The minimum absolute atomic E-state index is 0.381. The fraction of sp³-hybridized carbons (Fsp3) is 0.375. The molecule has 1 heteroatoms. The van der Waals surface area contributed by atoms with Crippen molar-refractivity contribution in [1.29, 1.82) is 0 Å². The lowest BCUT2D eigenvalue weighted by Crippen LogP contribution is -2.24. The third kappa shape index (κ3) is 1.85. The molecule has 0 bridgehead atoms. The Morgan fingerprint density at radius 2 is 1.76 bits per heavy atom. The number of fused-ring (bicyclic) bond motifs is 1. The molecule has 1 aliphatic carbocycles. The summed E-state index contributed by atoms with van der Waals surface area (Å²) in [7, 11) is 0. The van der Waals surface area contributed by atoms with Gasteiger partial charge in [0.15, 0.2) is 0 Å². The smallest absolute Gasteiger partial charge is 0.00705 e. The first-order valence-electron chi connectivity index (χ1n) is 6.50. The second-order valence-electron chi connectivity index (χ2n) is 5.31. The fourth-order valence-electron chi connectivity index (χ4n) is 3.10. The number of benzene rings is 2. The summed E-state index contributed by atoms with van der Waals surface area (Å²) in [6, 6.07) is 15.8. The van der Waals surface area contributed by atoms with Gasteiger partial charge in [-0.05, 0) is 41.0 Å². The van der Waals surface area contributed by atoms with E-state index < -0.39 is 0 Å². The van der Waals surface area contributed by atoms with Crippen molar-refractivity contribution >= 4 is 10.8 Å². The molecule has 1 fully saturated rings. The molecule has 0 saturated heterocycles. The summed E-state index contributed by atoms with van der Waals surface area (Å²) < 4.78 is 0. The van der Waals surface area contributed by atoms with E-state index in [4.69, 9.17) is 5.73 Å². The topological polar surface area (TPSA) is 26.0 Å². The summed E-state index contributed by atoms with van der Waals surface area (Å²) >= 11 is 0. The zero-order valence-corrected chi connectivity index (χ0v) is 10.3. The van der Waals surface area contributed by atoms with Crippen LogP contribution in [0.2, 0.25) is 0 Å². The highest BCUT2D eigenvalue weighted by Crippen LogP contribution is 2.39. The molecule has 3 rings (SSSR count). The molecule has 2 aromatic rings. The minimum Gasteiger partial charge on any atom is -0.327 e. The van der Waals surface area contributed by atoms with Crippen LogP contribution in [0.3, 0.4) is 0 Å². The molecule has 0 spiro atoms. The standard InChI is InChI=1S/C16H19N/c1-11-15(8-9-16(11)17)14-7-6-12-4-2-3-5-13(12)10-14/h2-7,10-11,15-16H,8-9,17H2,1H3. The predicted molar refractivity (Wildman–Crippen MR) is 73.1 cm³/mol. The molecule has 17 heavy (non-hydrogen) atoms. The molecule has 1 aliphatic rings. The normalized spacial score (nSPS) is 28.7. The van der Waals surface area contributed by atoms with Gasteiger partial charge in [0.2, 0.25) is 0 Å². The van der Waals surface area contributed by atoms with Gasteiger partial charge < -0.3 is 5.73 Å². The summed E-state index contributed by atoms with van der Waals surface area (Å²) in [6.07, 6.45) is 2.40. The van der Waals surface area contributed by atoms with Crippen LogP contribution in [0.4, 0.5) is 0 Å². The van der Waals surface area contributed by atoms with Crippen LogP contribution in [0.25, 0.3) is 10.8 Å². The Kier molecular flexibility index (Phi) is 2.64. The van der Waals surface area contributed by atoms with Crippen LogP contribution in [0, 0.1) is 5.92 Å². The van der Waals surface area contributed by atoms with Gasteiger partial charge in [0.05, 0.1) is 0 Å². The van der Waals surface area contributed by atoms with Crippen molar-refractivity contribution in [2.24, 2.45) is 11.7 Å². The molecule has 0 radical (unpaired) electrons. The number of hydrogen-bond donors (Lipinski definition) is 1. The molecular weight excluding hydrogens is 206 g/mol. The maximum Gasteiger partial charge on any atom is 0.00705 e. The zero-order valence-electron chi connectivity index (χ0n) is 10.3. The SMILES string of the molecule is CC1C(N)CCC1c1ccc2ccccc2c1. The average Bonchev–Trinajstić information content (AvgIpc) is 2.70. The molecule has 3 atom stereocenters. The Bertz CT molecular complexity index is 532. The molecular formula is C16H19N. The van der Waals surface area contributed by atoms with E-state index >= 15 is 0 Å². The third-order valence-electron chi connectivity index (χ3n) is 4.32. The van der Waals surface area contributed by atoms with Crippen molar-refractivity contribution in [2.45, 2.75) is 31.7 Å². The molecule has 0 aliphatic heterocycles. The van der Waals surface area contributed by atoms with E-state index in [0.717, 1.165) is 0 Å². The lowest BCUT2D eigenvalue weighted by Gasteiger charge is -2.18. The Morgan fingerprint density at radius 3 is 2.47 bits per heavy atom. The maximum absolute atomic E-state index is 6.12. The first-order valence-corrected chi connectivity index (χ1v) is 6.50. The van der Waals surface area contributed by atoms with Gasteiger partial charge in [0, 0.05) is 6.04 Å². The van der Waals surface area contributed by atoms with E-state index in [-0.39, 0.29) is 0 Å². The first kappa shape index (κ1) is 10.8. The third-order valence-corrected chi connectivity index (χ3v) is 4.32. The number of nitrogens with two attached hydrogens (primary N) is 1. The van der Waals surface area contributed by atoms with Crippen LogP contribution >= 0.6 is 0 Å². The monoisotopic (exact) mass is 225 g/mol. The zero-order chi connectivity index (χ0) is 11.8. The molecule has 0 amide bonds. The van der Waals surface area contributed by atoms with Crippen LogP contribution in [-0.2, 0) is 0 Å². The van der Waals surface area contributed by atoms with E-state index in [1.54, 1.807) is 0 Å².